The summed E-state index contributed by atoms with van der Waals surface area (Å²) in [4.78, 5) is 4.54. The normalized spacial score (nSPS) is 13.4. The van der Waals surface area contributed by atoms with Gasteiger partial charge < -0.3 is 0 Å². The molecule has 4 heteroatoms. The molecule has 0 aliphatic heterocycles. The van der Waals surface area contributed by atoms with E-state index in [0.717, 1.165) is 29.0 Å². The van der Waals surface area contributed by atoms with Crippen molar-refractivity contribution in [3.05, 3.63) is 30.3 Å². The minimum absolute atomic E-state index is 0.818. The molecule has 0 atom stereocenters. The van der Waals surface area contributed by atoms with E-state index in [1.165, 1.54) is 0 Å². The van der Waals surface area contributed by atoms with E-state index in [2.05, 4.69) is 22.2 Å². The van der Waals surface area contributed by atoms with Crippen molar-refractivity contribution in [2.75, 3.05) is 0 Å². The molecule has 1 aromatic carbocycles. The minimum Gasteiger partial charge on any atom is -0.239 e. The van der Waals surface area contributed by atoms with Crippen LogP contribution in [0.25, 0.3) is 16.9 Å². The van der Waals surface area contributed by atoms with Crippen LogP contribution in [0.3, 0.4) is 0 Å². The highest BCUT2D eigenvalue weighted by Gasteiger charge is 2.06. The van der Waals surface area contributed by atoms with Gasteiger partial charge >= 0.3 is 0 Å². The smallest absolute Gasteiger partial charge is 0.151 e. The minimum atomic E-state index is 0.818. The summed E-state index contributed by atoms with van der Waals surface area (Å²) in [7, 11) is 0. The molecule has 0 spiro atoms. The number of hydrogen-bond acceptors (Lipinski definition) is 3. The van der Waals surface area contributed by atoms with Gasteiger partial charge in [-0.15, -0.1) is 5.10 Å². The van der Waals surface area contributed by atoms with Crippen LogP contribution < -0.4 is 0 Å². The highest BCUT2D eigenvalue weighted by molar-refractivity contribution is 5.86. The largest absolute Gasteiger partial charge is 0.239 e. The van der Waals surface area contributed by atoms with Gasteiger partial charge in [-0.2, -0.15) is 4.68 Å². The van der Waals surface area contributed by atoms with Crippen molar-refractivity contribution in [3.8, 4) is 0 Å². The Bertz CT molecular complexity index is 578. The molecule has 0 radical (unpaired) electrons. The van der Waals surface area contributed by atoms with Crippen LogP contribution in [0.1, 0.15) is 27.2 Å². The molecular formula is C13H16N4. The molecule has 88 valence electrons. The zero-order valence-electron chi connectivity index (χ0n) is 10.4. The second-order valence-corrected chi connectivity index (χ2v) is 3.84. The monoisotopic (exact) mass is 228 g/mol. The molecule has 0 aliphatic rings. The average Bonchev–Trinajstić information content (AvgIpc) is 2.79. The van der Waals surface area contributed by atoms with Gasteiger partial charge in [0.05, 0.1) is 5.52 Å². The third-order valence-corrected chi connectivity index (χ3v) is 2.64. The Kier molecular flexibility index (Phi) is 3.32. The first-order valence-corrected chi connectivity index (χ1v) is 5.77. The van der Waals surface area contributed by atoms with E-state index >= 15 is 0 Å². The van der Waals surface area contributed by atoms with E-state index in [0.29, 0.717) is 0 Å². The van der Waals surface area contributed by atoms with E-state index in [1.807, 2.05) is 44.2 Å². The molecule has 17 heavy (non-hydrogen) atoms. The Hall–Kier alpha value is -1.97. The van der Waals surface area contributed by atoms with Crippen molar-refractivity contribution < 1.29 is 0 Å². The molecule has 0 bridgehead atoms. The van der Waals surface area contributed by atoms with Gasteiger partial charge in [0.25, 0.3) is 0 Å². The van der Waals surface area contributed by atoms with Crippen LogP contribution in [0.5, 0.6) is 0 Å². The average molecular weight is 228 g/mol. The summed E-state index contributed by atoms with van der Waals surface area (Å²) in [6.45, 7) is 6.06. The van der Waals surface area contributed by atoms with Crippen LogP contribution >= 0.6 is 0 Å². The molecule has 0 N–H and O–H groups in total. The van der Waals surface area contributed by atoms with Crippen LogP contribution in [0.15, 0.2) is 35.3 Å². The van der Waals surface area contributed by atoms with Crippen molar-refractivity contribution >= 4 is 22.6 Å². The topological polar surface area (TPSA) is 43.1 Å². The van der Waals surface area contributed by atoms with E-state index in [-0.39, 0.29) is 0 Å². The first-order valence-electron chi connectivity index (χ1n) is 5.77. The lowest BCUT2D eigenvalue weighted by molar-refractivity contribution is 0.828. The highest BCUT2D eigenvalue weighted by Crippen LogP contribution is 2.15. The first kappa shape index (κ1) is 11.5. The van der Waals surface area contributed by atoms with Crippen molar-refractivity contribution in [3.63, 3.8) is 0 Å². The van der Waals surface area contributed by atoms with Gasteiger partial charge in [0, 0.05) is 5.71 Å². The number of benzene rings is 1. The lowest BCUT2D eigenvalue weighted by Gasteiger charge is -2.03. The summed E-state index contributed by atoms with van der Waals surface area (Å²) in [5, 5.41) is 8.27. The number of nitrogens with zero attached hydrogens (tertiary/aromatic N) is 4. The lowest BCUT2D eigenvalue weighted by atomic mass is 10.3. The maximum atomic E-state index is 4.54. The molecule has 2 aromatic rings. The van der Waals surface area contributed by atoms with Crippen LogP contribution in [-0.2, 0) is 0 Å². The quantitative estimate of drug-likeness (QED) is 0.757. The molecule has 0 saturated carbocycles. The summed E-state index contributed by atoms with van der Waals surface area (Å²) < 4.78 is 1.77. The fraction of sp³-hybridized carbons (Fsp3) is 0.308. The Balaban J connectivity index is 2.52. The van der Waals surface area contributed by atoms with Crippen molar-refractivity contribution in [2.24, 2.45) is 4.99 Å². The molecule has 0 amide bonds. The van der Waals surface area contributed by atoms with Crippen LogP contribution in [0.4, 0.5) is 0 Å². The van der Waals surface area contributed by atoms with Crippen molar-refractivity contribution in [1.82, 2.24) is 15.0 Å². The SMILES string of the molecule is C/C=C(\N=C(/C)CC)n1nnc2ccccc21. The Morgan fingerprint density at radius 1 is 1.41 bits per heavy atom. The predicted octanol–water partition coefficient (Wildman–Crippen LogP) is 3.12. The van der Waals surface area contributed by atoms with Crippen molar-refractivity contribution in [2.45, 2.75) is 27.2 Å². The van der Waals surface area contributed by atoms with E-state index < -0.39 is 0 Å². The number of fused-ring (bicyclic) bond motifs is 1. The van der Waals surface area contributed by atoms with Gasteiger partial charge in [-0.1, -0.05) is 24.3 Å². The Morgan fingerprint density at radius 2 is 2.18 bits per heavy atom. The number of aliphatic imine (C=N–C) groups is 1. The molecule has 0 unspecified atom stereocenters. The summed E-state index contributed by atoms with van der Waals surface area (Å²) in [5.41, 5.74) is 2.95. The number of aromatic nitrogens is 3. The summed E-state index contributed by atoms with van der Waals surface area (Å²) in [6, 6.07) is 7.88. The number of rotatable bonds is 3. The highest BCUT2D eigenvalue weighted by atomic mass is 15.5. The van der Waals surface area contributed by atoms with Gasteiger partial charge in [0.15, 0.2) is 5.82 Å². The summed E-state index contributed by atoms with van der Waals surface area (Å²) >= 11 is 0. The molecular weight excluding hydrogens is 212 g/mol. The van der Waals surface area contributed by atoms with E-state index in [9.17, 15) is 0 Å². The molecule has 2 rings (SSSR count). The van der Waals surface area contributed by atoms with Gasteiger partial charge in [0.2, 0.25) is 0 Å². The van der Waals surface area contributed by atoms with Gasteiger partial charge in [0.1, 0.15) is 5.52 Å². The Labute approximate surface area is 101 Å². The fourth-order valence-electron chi connectivity index (χ4n) is 1.55. The zero-order valence-corrected chi connectivity index (χ0v) is 10.4. The lowest BCUT2D eigenvalue weighted by Crippen LogP contribution is -2.00. The molecule has 1 aromatic heterocycles. The zero-order chi connectivity index (χ0) is 12.3. The van der Waals surface area contributed by atoms with E-state index in [4.69, 9.17) is 0 Å². The van der Waals surface area contributed by atoms with Crippen LogP contribution in [0.2, 0.25) is 0 Å². The Morgan fingerprint density at radius 3 is 2.88 bits per heavy atom. The number of hydrogen-bond donors (Lipinski definition) is 0. The van der Waals surface area contributed by atoms with Crippen LogP contribution in [-0.4, -0.2) is 20.7 Å². The second-order valence-electron chi connectivity index (χ2n) is 3.84. The second kappa shape index (κ2) is 4.91. The first-order chi connectivity index (χ1) is 8.26. The van der Waals surface area contributed by atoms with Gasteiger partial charge in [-0.3, -0.25) is 0 Å². The molecule has 0 aliphatic carbocycles. The van der Waals surface area contributed by atoms with Crippen LogP contribution in [0, 0.1) is 0 Å². The standard InChI is InChI=1S/C13H16N4/c1-4-10(3)14-13(5-2)17-12-9-7-6-8-11(12)15-16-17/h5-9H,4H2,1-3H3/b13-5+,14-10+. The molecule has 0 saturated heterocycles. The van der Waals surface area contributed by atoms with E-state index in [1.54, 1.807) is 4.68 Å². The number of para-hydroxylation sites is 1. The maximum absolute atomic E-state index is 4.54. The fourth-order valence-corrected chi connectivity index (χ4v) is 1.55. The van der Waals surface area contributed by atoms with Gasteiger partial charge in [-0.25, -0.2) is 4.99 Å². The summed E-state index contributed by atoms with van der Waals surface area (Å²) in [6.07, 6.45) is 2.88. The third kappa shape index (κ3) is 2.25. The van der Waals surface area contributed by atoms with Gasteiger partial charge in [-0.05, 0) is 38.5 Å². The predicted molar refractivity (Wildman–Crippen MR) is 70.9 cm³/mol. The molecule has 0 fully saturated rings. The third-order valence-electron chi connectivity index (χ3n) is 2.64. The number of allylic oxidation sites excluding steroid dienone is 1. The molecule has 1 heterocycles. The van der Waals surface area contributed by atoms with Crippen molar-refractivity contribution in [1.29, 1.82) is 0 Å². The maximum Gasteiger partial charge on any atom is 0.151 e. The summed E-state index contributed by atoms with van der Waals surface area (Å²) in [5.74, 6) is 0.818. The molecule has 4 nitrogen and oxygen atoms in total.